The second-order valence-corrected chi connectivity index (χ2v) is 8.81. The van der Waals surface area contributed by atoms with Gasteiger partial charge in [-0.05, 0) is 69.9 Å². The van der Waals surface area contributed by atoms with E-state index in [9.17, 15) is 9.59 Å². The summed E-state index contributed by atoms with van der Waals surface area (Å²) in [5, 5.41) is 3.46. The Hall–Kier alpha value is -1.30. The minimum Gasteiger partial charge on any atom is -0.342 e. The molecule has 4 saturated heterocycles. The molecule has 0 radical (unpaired) electrons. The maximum absolute atomic E-state index is 13.0. The Balaban J connectivity index is 1.24. The Morgan fingerprint density at radius 2 is 1.31 bits per heavy atom. The minimum absolute atomic E-state index is 0.125. The summed E-state index contributed by atoms with van der Waals surface area (Å²) in [6.45, 7) is 7.45. The van der Waals surface area contributed by atoms with E-state index in [4.69, 9.17) is 0 Å². The second-order valence-electron chi connectivity index (χ2n) is 8.81. The molecule has 1 spiro atoms. The number of urea groups is 1. The first kappa shape index (κ1) is 18.1. The van der Waals surface area contributed by atoms with Crippen molar-refractivity contribution in [3.8, 4) is 0 Å². The number of nitrogens with zero attached hydrogens (tertiary/aromatic N) is 3. The molecule has 3 amide bonds. The summed E-state index contributed by atoms with van der Waals surface area (Å²) in [5.41, 5.74) is 0.494. The largest absolute Gasteiger partial charge is 0.342 e. The van der Waals surface area contributed by atoms with E-state index in [0.717, 1.165) is 78.0 Å². The molecule has 1 N–H and O–H groups in total. The number of amides is 3. The maximum Gasteiger partial charge on any atom is 0.319 e. The fourth-order valence-corrected chi connectivity index (χ4v) is 5.34. The first-order valence-corrected chi connectivity index (χ1v) is 10.7. The van der Waals surface area contributed by atoms with Gasteiger partial charge in [-0.25, -0.2) is 4.79 Å². The van der Waals surface area contributed by atoms with Crippen molar-refractivity contribution >= 4 is 11.9 Å². The molecular formula is C20H34N4O2. The molecule has 0 unspecified atom stereocenters. The monoisotopic (exact) mass is 362 g/mol. The number of likely N-dealkylation sites (tertiary alicyclic amines) is 3. The Morgan fingerprint density at radius 1 is 0.731 bits per heavy atom. The summed E-state index contributed by atoms with van der Waals surface area (Å²) < 4.78 is 0. The van der Waals surface area contributed by atoms with Crippen molar-refractivity contribution in [3.05, 3.63) is 0 Å². The lowest BCUT2D eigenvalue weighted by molar-refractivity contribution is -0.139. The van der Waals surface area contributed by atoms with Crippen LogP contribution in [0.5, 0.6) is 0 Å². The summed E-state index contributed by atoms with van der Waals surface area (Å²) in [4.78, 5) is 31.5. The van der Waals surface area contributed by atoms with E-state index in [1.807, 2.05) is 9.80 Å². The molecule has 4 rings (SSSR count). The van der Waals surface area contributed by atoms with Crippen LogP contribution in [-0.2, 0) is 4.79 Å². The highest BCUT2D eigenvalue weighted by atomic mass is 16.2. The molecule has 4 fully saturated rings. The normalized spacial score (nSPS) is 27.2. The van der Waals surface area contributed by atoms with Gasteiger partial charge in [0.1, 0.15) is 0 Å². The van der Waals surface area contributed by atoms with E-state index in [-0.39, 0.29) is 11.9 Å². The van der Waals surface area contributed by atoms with Crippen molar-refractivity contribution in [2.45, 2.75) is 51.4 Å². The zero-order chi connectivity index (χ0) is 18.0. The fourth-order valence-electron chi connectivity index (χ4n) is 5.34. The first-order valence-electron chi connectivity index (χ1n) is 10.7. The number of nitrogens with one attached hydrogen (secondary N) is 1. The van der Waals surface area contributed by atoms with Crippen LogP contribution >= 0.6 is 0 Å². The molecule has 6 nitrogen and oxygen atoms in total. The number of hydrogen-bond donors (Lipinski definition) is 1. The van der Waals surface area contributed by atoms with E-state index in [0.29, 0.717) is 11.3 Å². The smallest absolute Gasteiger partial charge is 0.319 e. The molecule has 0 atom stereocenters. The van der Waals surface area contributed by atoms with Crippen LogP contribution in [0.1, 0.15) is 51.4 Å². The highest BCUT2D eigenvalue weighted by molar-refractivity contribution is 5.80. The van der Waals surface area contributed by atoms with E-state index in [1.165, 1.54) is 25.7 Å². The molecule has 0 bridgehead atoms. The molecule has 4 aliphatic rings. The standard InChI is InChI=1S/C20H34N4O2/c25-18(22-15-7-20(8-16-22)5-9-21-10-6-20)17-3-13-24(14-4-17)19(26)23-11-1-2-12-23/h17,21H,1-16H2. The Morgan fingerprint density at radius 3 is 1.92 bits per heavy atom. The molecule has 6 heteroatoms. The average molecular weight is 363 g/mol. The van der Waals surface area contributed by atoms with E-state index in [2.05, 4.69) is 10.2 Å². The van der Waals surface area contributed by atoms with Gasteiger partial charge in [0.15, 0.2) is 0 Å². The maximum atomic E-state index is 13.0. The van der Waals surface area contributed by atoms with Crippen LogP contribution in [0.3, 0.4) is 0 Å². The van der Waals surface area contributed by atoms with Gasteiger partial charge < -0.3 is 20.0 Å². The topological polar surface area (TPSA) is 55.9 Å². The third kappa shape index (κ3) is 3.71. The van der Waals surface area contributed by atoms with Gasteiger partial charge in [-0.3, -0.25) is 4.79 Å². The zero-order valence-electron chi connectivity index (χ0n) is 16.0. The van der Waals surface area contributed by atoms with E-state index in [1.54, 1.807) is 0 Å². The van der Waals surface area contributed by atoms with Gasteiger partial charge in [-0.15, -0.1) is 0 Å². The number of hydrogen-bond acceptors (Lipinski definition) is 3. The summed E-state index contributed by atoms with van der Waals surface area (Å²) in [6.07, 6.45) is 8.83. The van der Waals surface area contributed by atoms with Gasteiger partial charge in [0.25, 0.3) is 0 Å². The molecule has 26 heavy (non-hydrogen) atoms. The van der Waals surface area contributed by atoms with Gasteiger partial charge in [0, 0.05) is 45.2 Å². The molecule has 0 aromatic heterocycles. The SMILES string of the molecule is O=C(C1CCN(C(=O)N2CCCC2)CC1)N1CCC2(CCNCC2)CC1. The summed E-state index contributed by atoms with van der Waals surface area (Å²) >= 11 is 0. The van der Waals surface area contributed by atoms with Crippen LogP contribution in [0.15, 0.2) is 0 Å². The molecule has 146 valence electrons. The van der Waals surface area contributed by atoms with Gasteiger partial charge in [-0.2, -0.15) is 0 Å². The van der Waals surface area contributed by atoms with Crippen LogP contribution in [0, 0.1) is 11.3 Å². The molecular weight excluding hydrogens is 328 g/mol. The summed E-state index contributed by atoms with van der Waals surface area (Å²) in [6, 6.07) is 0.194. The van der Waals surface area contributed by atoms with Crippen molar-refractivity contribution in [2.24, 2.45) is 11.3 Å². The Kier molecular flexibility index (Phi) is 5.39. The lowest BCUT2D eigenvalue weighted by atomic mass is 9.71. The summed E-state index contributed by atoms with van der Waals surface area (Å²) in [7, 11) is 0. The van der Waals surface area contributed by atoms with Gasteiger partial charge in [0.05, 0.1) is 0 Å². The van der Waals surface area contributed by atoms with Crippen LogP contribution in [0.4, 0.5) is 4.79 Å². The zero-order valence-corrected chi connectivity index (χ0v) is 16.0. The molecule has 0 aromatic carbocycles. The van der Waals surface area contributed by atoms with Crippen LogP contribution in [-0.4, -0.2) is 79.0 Å². The van der Waals surface area contributed by atoms with Crippen molar-refractivity contribution < 1.29 is 9.59 Å². The van der Waals surface area contributed by atoms with Crippen molar-refractivity contribution in [1.82, 2.24) is 20.0 Å². The van der Waals surface area contributed by atoms with Crippen LogP contribution < -0.4 is 5.32 Å². The van der Waals surface area contributed by atoms with E-state index < -0.39 is 0 Å². The molecule has 4 aliphatic heterocycles. The first-order chi connectivity index (χ1) is 12.7. The third-order valence-corrected chi connectivity index (χ3v) is 7.29. The van der Waals surface area contributed by atoms with Crippen molar-refractivity contribution in [2.75, 3.05) is 52.4 Å². The molecule has 0 saturated carbocycles. The number of rotatable bonds is 1. The minimum atomic E-state index is 0.125. The fraction of sp³-hybridized carbons (Fsp3) is 0.900. The third-order valence-electron chi connectivity index (χ3n) is 7.29. The second kappa shape index (κ2) is 7.75. The van der Waals surface area contributed by atoms with Crippen LogP contribution in [0.25, 0.3) is 0 Å². The van der Waals surface area contributed by atoms with E-state index >= 15 is 0 Å². The Labute approximate surface area is 157 Å². The number of piperidine rings is 3. The van der Waals surface area contributed by atoms with Crippen molar-refractivity contribution in [1.29, 1.82) is 0 Å². The lowest BCUT2D eigenvalue weighted by Crippen LogP contribution is -2.51. The van der Waals surface area contributed by atoms with Crippen LogP contribution in [0.2, 0.25) is 0 Å². The predicted octanol–water partition coefficient (Wildman–Crippen LogP) is 1.91. The van der Waals surface area contributed by atoms with Gasteiger partial charge >= 0.3 is 6.03 Å². The molecule has 0 aliphatic carbocycles. The van der Waals surface area contributed by atoms with Crippen molar-refractivity contribution in [3.63, 3.8) is 0 Å². The van der Waals surface area contributed by atoms with Gasteiger partial charge in [0.2, 0.25) is 5.91 Å². The summed E-state index contributed by atoms with van der Waals surface area (Å²) in [5.74, 6) is 0.474. The highest BCUT2D eigenvalue weighted by Crippen LogP contribution is 2.40. The predicted molar refractivity (Wildman–Crippen MR) is 101 cm³/mol. The molecule has 4 heterocycles. The highest BCUT2D eigenvalue weighted by Gasteiger charge is 2.39. The lowest BCUT2D eigenvalue weighted by Gasteiger charge is -2.45. The Bertz CT molecular complexity index is 508. The molecule has 0 aromatic rings. The average Bonchev–Trinajstić information content (AvgIpc) is 3.23. The quantitative estimate of drug-likeness (QED) is 0.775. The number of carbonyl (C=O) groups is 2. The number of carbonyl (C=O) groups excluding carboxylic acids is 2. The van der Waals surface area contributed by atoms with Gasteiger partial charge in [-0.1, -0.05) is 0 Å².